The van der Waals surface area contributed by atoms with Crippen molar-refractivity contribution in [2.75, 3.05) is 31.0 Å². The maximum atomic E-state index is 13.0. The number of methoxy groups -OCH3 is 2. The summed E-state index contributed by atoms with van der Waals surface area (Å²) in [4.78, 5) is 32.4. The Morgan fingerprint density at radius 1 is 1.18 bits per heavy atom. The Hall–Kier alpha value is -3.92. The Morgan fingerprint density at radius 2 is 2.03 bits per heavy atom. The number of thiazole rings is 1. The number of hydrogen-bond donors (Lipinski definition) is 1. The van der Waals surface area contributed by atoms with E-state index in [4.69, 9.17) is 9.47 Å². The minimum absolute atomic E-state index is 0.111. The minimum atomic E-state index is -0.517. The van der Waals surface area contributed by atoms with Crippen LogP contribution in [0.3, 0.4) is 0 Å². The summed E-state index contributed by atoms with van der Waals surface area (Å²) in [6.45, 7) is 2.21. The fourth-order valence-corrected chi connectivity index (χ4v) is 4.89. The van der Waals surface area contributed by atoms with E-state index in [0.29, 0.717) is 16.4 Å². The predicted octanol–water partition coefficient (Wildman–Crippen LogP) is 3.78. The number of nitrogens with one attached hydrogen (secondary N) is 1. The van der Waals surface area contributed by atoms with Crippen molar-refractivity contribution in [2.24, 2.45) is 5.92 Å². The Kier molecular flexibility index (Phi) is 5.66. The maximum Gasteiger partial charge on any atom is 0.250 e. The zero-order valence-electron chi connectivity index (χ0n) is 18.9. The Morgan fingerprint density at radius 3 is 2.82 bits per heavy atom. The first-order valence-corrected chi connectivity index (χ1v) is 11.6. The summed E-state index contributed by atoms with van der Waals surface area (Å²) >= 11 is 1.43. The first kappa shape index (κ1) is 21.9. The van der Waals surface area contributed by atoms with Crippen LogP contribution in [0.2, 0.25) is 0 Å². The predicted molar refractivity (Wildman–Crippen MR) is 130 cm³/mol. The molecular formula is C24H23N5O4S. The molecule has 2 amide bonds. The second-order valence-electron chi connectivity index (χ2n) is 8.05. The molecule has 0 bridgehead atoms. The fourth-order valence-electron chi connectivity index (χ4n) is 4.05. The van der Waals surface area contributed by atoms with Gasteiger partial charge >= 0.3 is 0 Å². The van der Waals surface area contributed by atoms with Crippen LogP contribution in [0.25, 0.3) is 16.2 Å². The molecule has 9 nitrogen and oxygen atoms in total. The summed E-state index contributed by atoms with van der Waals surface area (Å²) in [5, 5.41) is 9.22. The lowest BCUT2D eigenvalue weighted by Crippen LogP contribution is -2.28. The van der Waals surface area contributed by atoms with Crippen LogP contribution in [0, 0.1) is 12.8 Å². The quantitative estimate of drug-likeness (QED) is 0.454. The highest BCUT2D eigenvalue weighted by molar-refractivity contribution is 7.15. The van der Waals surface area contributed by atoms with Crippen molar-refractivity contribution in [2.45, 2.75) is 13.3 Å². The summed E-state index contributed by atoms with van der Waals surface area (Å²) < 4.78 is 12.4. The molecule has 1 saturated heterocycles. The topological polar surface area (TPSA) is 98.1 Å². The number of anilines is 2. The van der Waals surface area contributed by atoms with Gasteiger partial charge in [0.25, 0.3) is 0 Å². The van der Waals surface area contributed by atoms with Crippen LogP contribution < -0.4 is 19.7 Å². The monoisotopic (exact) mass is 477 g/mol. The molecule has 174 valence electrons. The number of carbonyl (C=O) groups excluding carboxylic acids is 2. The lowest BCUT2D eigenvalue weighted by atomic mass is 10.1. The summed E-state index contributed by atoms with van der Waals surface area (Å²) in [5.74, 6) is 0.621. The fraction of sp³-hybridized carbons (Fsp3) is 0.250. The number of carbonyl (C=O) groups is 2. The van der Waals surface area contributed by atoms with Gasteiger partial charge in [0.05, 0.1) is 31.5 Å². The highest BCUT2D eigenvalue weighted by Gasteiger charge is 2.36. The standard InChI is InChI=1S/C24H23N5O4S/c1-14-7-8-20(33-3)18(9-14)28-12-16(11-21(28)30)22(31)25-23-26-24-29(27-23)19(13-34-24)15-5-4-6-17(10-15)32-2/h4-10,13,16H,11-12H2,1-3H3,(H,25,27,31). The number of aromatic nitrogens is 3. The molecule has 1 fully saturated rings. The molecular weight excluding hydrogens is 454 g/mol. The minimum Gasteiger partial charge on any atom is -0.497 e. The van der Waals surface area contributed by atoms with E-state index in [2.05, 4.69) is 15.4 Å². The van der Waals surface area contributed by atoms with Crippen molar-refractivity contribution in [3.8, 4) is 22.8 Å². The number of ether oxygens (including phenoxy) is 2. The molecule has 5 rings (SSSR count). The smallest absolute Gasteiger partial charge is 0.250 e. The van der Waals surface area contributed by atoms with Gasteiger partial charge in [0.1, 0.15) is 11.5 Å². The molecule has 1 atom stereocenters. The number of fused-ring (bicyclic) bond motifs is 1. The zero-order chi connectivity index (χ0) is 23.8. The summed E-state index contributed by atoms with van der Waals surface area (Å²) in [7, 11) is 3.18. The Labute approximate surface area is 199 Å². The van der Waals surface area contributed by atoms with Gasteiger partial charge in [0, 0.05) is 23.9 Å². The van der Waals surface area contributed by atoms with Crippen LogP contribution in [-0.4, -0.2) is 47.2 Å². The van der Waals surface area contributed by atoms with Crippen LogP contribution in [0.5, 0.6) is 11.5 Å². The number of rotatable bonds is 6. The number of aryl methyl sites for hydroxylation is 1. The van der Waals surface area contributed by atoms with Gasteiger partial charge in [-0.25, -0.2) is 4.52 Å². The molecule has 1 N–H and O–H groups in total. The third-order valence-electron chi connectivity index (χ3n) is 5.80. The largest absolute Gasteiger partial charge is 0.497 e. The molecule has 3 heterocycles. The molecule has 0 aliphatic carbocycles. The van der Waals surface area contributed by atoms with E-state index in [0.717, 1.165) is 22.6 Å². The summed E-state index contributed by atoms with van der Waals surface area (Å²) in [6.07, 6.45) is 0.111. The molecule has 1 aliphatic rings. The van der Waals surface area contributed by atoms with Gasteiger partial charge in [-0.05, 0) is 36.8 Å². The van der Waals surface area contributed by atoms with E-state index in [1.807, 2.05) is 54.8 Å². The summed E-state index contributed by atoms with van der Waals surface area (Å²) in [5.41, 5.74) is 3.45. The second kappa shape index (κ2) is 8.79. The summed E-state index contributed by atoms with van der Waals surface area (Å²) in [6, 6.07) is 13.3. The van der Waals surface area contributed by atoms with E-state index in [1.54, 1.807) is 23.6 Å². The van der Waals surface area contributed by atoms with Crippen molar-refractivity contribution >= 4 is 39.7 Å². The number of amides is 2. The lowest BCUT2D eigenvalue weighted by Gasteiger charge is -2.20. The van der Waals surface area contributed by atoms with Crippen molar-refractivity contribution in [1.29, 1.82) is 0 Å². The number of benzene rings is 2. The third-order valence-corrected chi connectivity index (χ3v) is 6.62. The van der Waals surface area contributed by atoms with E-state index < -0.39 is 5.92 Å². The van der Waals surface area contributed by atoms with Crippen LogP contribution >= 0.6 is 11.3 Å². The van der Waals surface area contributed by atoms with Gasteiger partial charge in [-0.2, -0.15) is 4.98 Å². The normalized spacial score (nSPS) is 15.7. The van der Waals surface area contributed by atoms with Gasteiger partial charge in [-0.1, -0.05) is 18.2 Å². The highest BCUT2D eigenvalue weighted by Crippen LogP contribution is 2.34. The molecule has 1 unspecified atom stereocenters. The highest BCUT2D eigenvalue weighted by atomic mass is 32.1. The molecule has 0 spiro atoms. The van der Waals surface area contributed by atoms with E-state index in [9.17, 15) is 9.59 Å². The molecule has 10 heteroatoms. The van der Waals surface area contributed by atoms with Crippen molar-refractivity contribution < 1.29 is 19.1 Å². The zero-order valence-corrected chi connectivity index (χ0v) is 19.8. The van der Waals surface area contributed by atoms with Crippen molar-refractivity contribution in [3.05, 3.63) is 53.4 Å². The number of nitrogens with zero attached hydrogens (tertiary/aromatic N) is 4. The lowest BCUT2D eigenvalue weighted by molar-refractivity contribution is -0.122. The van der Waals surface area contributed by atoms with Gasteiger partial charge in [-0.15, -0.1) is 16.4 Å². The van der Waals surface area contributed by atoms with Gasteiger partial charge < -0.3 is 14.4 Å². The van der Waals surface area contributed by atoms with Crippen LogP contribution in [-0.2, 0) is 9.59 Å². The average molecular weight is 478 g/mol. The Balaban J connectivity index is 1.34. The molecule has 2 aromatic heterocycles. The molecule has 0 saturated carbocycles. The van der Waals surface area contributed by atoms with E-state index >= 15 is 0 Å². The molecule has 2 aromatic carbocycles. The van der Waals surface area contributed by atoms with Crippen molar-refractivity contribution in [1.82, 2.24) is 14.6 Å². The average Bonchev–Trinajstić information content (AvgIpc) is 3.53. The van der Waals surface area contributed by atoms with Gasteiger partial charge in [0.15, 0.2) is 0 Å². The van der Waals surface area contributed by atoms with Crippen LogP contribution in [0.4, 0.5) is 11.6 Å². The molecule has 1 aliphatic heterocycles. The molecule has 4 aromatic rings. The first-order chi connectivity index (χ1) is 16.5. The number of hydrogen-bond acceptors (Lipinski definition) is 7. The second-order valence-corrected chi connectivity index (χ2v) is 8.89. The molecule has 0 radical (unpaired) electrons. The molecule has 34 heavy (non-hydrogen) atoms. The van der Waals surface area contributed by atoms with Gasteiger partial charge in [0.2, 0.25) is 22.7 Å². The Bertz CT molecular complexity index is 1400. The first-order valence-electron chi connectivity index (χ1n) is 10.7. The van der Waals surface area contributed by atoms with Crippen LogP contribution in [0.15, 0.2) is 47.8 Å². The third kappa shape index (κ3) is 3.96. The maximum absolute atomic E-state index is 13.0. The SMILES string of the molecule is COc1cccc(-c2csc3nc(NC(=O)C4CC(=O)N(c5cc(C)ccc5OC)C4)nn23)c1. The van der Waals surface area contributed by atoms with Crippen molar-refractivity contribution in [3.63, 3.8) is 0 Å². The van der Waals surface area contributed by atoms with E-state index in [-0.39, 0.29) is 30.7 Å². The van der Waals surface area contributed by atoms with Gasteiger partial charge in [-0.3, -0.25) is 14.9 Å². The van der Waals surface area contributed by atoms with Crippen LogP contribution in [0.1, 0.15) is 12.0 Å². The van der Waals surface area contributed by atoms with E-state index in [1.165, 1.54) is 11.3 Å².